The third kappa shape index (κ3) is 2.32. The first-order valence-electron chi connectivity index (χ1n) is 8.47. The van der Waals surface area contributed by atoms with Gasteiger partial charge in [-0.1, -0.05) is 24.3 Å². The minimum atomic E-state index is -1.31. The van der Waals surface area contributed by atoms with Crippen molar-refractivity contribution < 1.29 is 34.8 Å². The Morgan fingerprint density at radius 3 is 2.11 bits per heavy atom. The minimum absolute atomic E-state index is 0.0474. The van der Waals surface area contributed by atoms with Gasteiger partial charge in [-0.3, -0.25) is 14.4 Å². The highest BCUT2D eigenvalue weighted by Crippen LogP contribution is 2.49. The summed E-state index contributed by atoms with van der Waals surface area (Å²) in [7, 11) is 0. The van der Waals surface area contributed by atoms with E-state index in [2.05, 4.69) is 0 Å². The van der Waals surface area contributed by atoms with Crippen LogP contribution in [0.3, 0.4) is 0 Å². The zero-order valence-electron chi connectivity index (χ0n) is 14.1. The van der Waals surface area contributed by atoms with Crippen LogP contribution in [0.25, 0.3) is 0 Å². The Morgan fingerprint density at radius 1 is 1.00 bits per heavy atom. The van der Waals surface area contributed by atoms with Crippen molar-refractivity contribution in [1.29, 1.82) is 0 Å². The number of ketones is 3. The standard InChI is InChI=1S/C20H16O7/c21-7-13(23)8-5-11-14(12(22)6-8)20(27)16-15(19(11)26)17(24)9-3-1-2-4-10(9)18(16)25/h1-4,8,12,21-22,26-27H,5-7H2/t8?,12-/m0/s1. The van der Waals surface area contributed by atoms with E-state index in [9.17, 15) is 29.7 Å². The summed E-state index contributed by atoms with van der Waals surface area (Å²) in [6.45, 7) is -0.713. The van der Waals surface area contributed by atoms with Crippen LogP contribution < -0.4 is 0 Å². The van der Waals surface area contributed by atoms with Crippen molar-refractivity contribution in [3.05, 3.63) is 57.6 Å². The molecule has 7 heteroatoms. The van der Waals surface area contributed by atoms with Crippen molar-refractivity contribution in [2.24, 2.45) is 5.92 Å². The molecule has 0 aromatic heterocycles. The molecule has 2 atom stereocenters. The van der Waals surface area contributed by atoms with Crippen molar-refractivity contribution in [2.45, 2.75) is 18.9 Å². The fraction of sp³-hybridized carbons (Fsp3) is 0.250. The summed E-state index contributed by atoms with van der Waals surface area (Å²) in [6, 6.07) is 6.09. The number of carbonyl (C=O) groups excluding carboxylic acids is 3. The Kier molecular flexibility index (Phi) is 3.87. The van der Waals surface area contributed by atoms with Gasteiger partial charge in [0.05, 0.1) is 17.2 Å². The number of fused-ring (bicyclic) bond motifs is 3. The number of phenols is 2. The van der Waals surface area contributed by atoms with Gasteiger partial charge in [-0.05, 0) is 12.8 Å². The molecule has 27 heavy (non-hydrogen) atoms. The monoisotopic (exact) mass is 368 g/mol. The third-order valence-electron chi connectivity index (χ3n) is 5.36. The van der Waals surface area contributed by atoms with Gasteiger partial charge in [-0.2, -0.15) is 0 Å². The van der Waals surface area contributed by atoms with E-state index in [-0.39, 0.29) is 46.2 Å². The third-order valence-corrected chi connectivity index (χ3v) is 5.36. The Labute approximate surface area is 153 Å². The lowest BCUT2D eigenvalue weighted by Gasteiger charge is -2.31. The molecule has 138 valence electrons. The van der Waals surface area contributed by atoms with E-state index in [1.54, 1.807) is 12.1 Å². The summed E-state index contributed by atoms with van der Waals surface area (Å²) in [4.78, 5) is 37.6. The molecule has 2 aliphatic carbocycles. The van der Waals surface area contributed by atoms with Crippen LogP contribution in [0.4, 0.5) is 0 Å². The van der Waals surface area contributed by atoms with Crippen LogP contribution in [-0.4, -0.2) is 44.4 Å². The second-order valence-electron chi connectivity index (χ2n) is 6.82. The molecule has 0 fully saturated rings. The van der Waals surface area contributed by atoms with Gasteiger partial charge in [0.2, 0.25) is 0 Å². The molecular weight excluding hydrogens is 352 g/mol. The molecule has 7 nitrogen and oxygen atoms in total. The summed E-state index contributed by atoms with van der Waals surface area (Å²) in [5.74, 6) is -3.56. The average Bonchev–Trinajstić information content (AvgIpc) is 2.67. The minimum Gasteiger partial charge on any atom is -0.507 e. The van der Waals surface area contributed by atoms with Crippen LogP contribution in [0.1, 0.15) is 55.5 Å². The molecular formula is C20H16O7. The molecule has 0 spiro atoms. The molecule has 2 aliphatic rings. The Balaban J connectivity index is 1.98. The fourth-order valence-electron chi connectivity index (χ4n) is 4.04. The van der Waals surface area contributed by atoms with Crippen molar-refractivity contribution >= 4 is 17.3 Å². The van der Waals surface area contributed by atoms with Gasteiger partial charge in [-0.15, -0.1) is 0 Å². The molecule has 0 amide bonds. The first kappa shape index (κ1) is 17.4. The lowest BCUT2D eigenvalue weighted by molar-refractivity contribution is -0.127. The molecule has 4 N–H and O–H groups in total. The summed E-state index contributed by atoms with van der Waals surface area (Å²) in [5.41, 5.74) is -0.418. The van der Waals surface area contributed by atoms with Gasteiger partial charge in [0.1, 0.15) is 18.1 Å². The van der Waals surface area contributed by atoms with Crippen molar-refractivity contribution in [2.75, 3.05) is 6.61 Å². The predicted octanol–water partition coefficient (Wildman–Crippen LogP) is 1.03. The second-order valence-corrected chi connectivity index (χ2v) is 6.82. The van der Waals surface area contributed by atoms with E-state index in [0.717, 1.165) is 0 Å². The number of aliphatic hydroxyl groups excluding tert-OH is 2. The molecule has 0 heterocycles. The number of aliphatic hydroxyl groups is 2. The number of aromatic hydroxyl groups is 2. The molecule has 0 saturated heterocycles. The van der Waals surface area contributed by atoms with Gasteiger partial charge in [0, 0.05) is 28.2 Å². The maximum atomic E-state index is 12.9. The number of benzene rings is 2. The summed E-state index contributed by atoms with van der Waals surface area (Å²) in [6.07, 6.45) is -1.43. The summed E-state index contributed by atoms with van der Waals surface area (Å²) in [5, 5.41) is 40.9. The van der Waals surface area contributed by atoms with Crippen LogP contribution in [0, 0.1) is 5.92 Å². The SMILES string of the molecule is O=C1c2ccccc2C(=O)c2c(O)c3c(c(O)c21)CC(C(=O)CO)C[C@@H]3O. The molecule has 0 saturated carbocycles. The van der Waals surface area contributed by atoms with Crippen LogP contribution in [0.2, 0.25) is 0 Å². The number of hydrogen-bond donors (Lipinski definition) is 4. The van der Waals surface area contributed by atoms with Gasteiger partial charge in [0.25, 0.3) is 0 Å². The number of Topliss-reactive ketones (excluding diaryl/α,β-unsaturated/α-hetero) is 1. The van der Waals surface area contributed by atoms with Crippen molar-refractivity contribution in [1.82, 2.24) is 0 Å². The molecule has 0 bridgehead atoms. The van der Waals surface area contributed by atoms with Crippen LogP contribution >= 0.6 is 0 Å². The number of rotatable bonds is 2. The topological polar surface area (TPSA) is 132 Å². The van der Waals surface area contributed by atoms with Gasteiger partial charge in [-0.25, -0.2) is 0 Å². The normalized spacial score (nSPS) is 20.7. The van der Waals surface area contributed by atoms with E-state index >= 15 is 0 Å². The predicted molar refractivity (Wildman–Crippen MR) is 91.9 cm³/mol. The largest absolute Gasteiger partial charge is 0.507 e. The van der Waals surface area contributed by atoms with Gasteiger partial charge >= 0.3 is 0 Å². The molecule has 2 aromatic carbocycles. The van der Waals surface area contributed by atoms with Gasteiger partial charge < -0.3 is 20.4 Å². The van der Waals surface area contributed by atoms with Crippen LogP contribution in [-0.2, 0) is 11.2 Å². The smallest absolute Gasteiger partial charge is 0.198 e. The van der Waals surface area contributed by atoms with Crippen molar-refractivity contribution in [3.63, 3.8) is 0 Å². The summed E-state index contributed by atoms with van der Waals surface area (Å²) >= 11 is 0. The lowest BCUT2D eigenvalue weighted by atomic mass is 9.74. The lowest BCUT2D eigenvalue weighted by Crippen LogP contribution is -2.29. The van der Waals surface area contributed by atoms with Crippen LogP contribution in [0.15, 0.2) is 24.3 Å². The van der Waals surface area contributed by atoms with E-state index in [4.69, 9.17) is 5.11 Å². The van der Waals surface area contributed by atoms with E-state index < -0.39 is 47.5 Å². The summed E-state index contributed by atoms with van der Waals surface area (Å²) < 4.78 is 0. The maximum Gasteiger partial charge on any atom is 0.198 e. The van der Waals surface area contributed by atoms with E-state index in [1.807, 2.05) is 0 Å². The molecule has 1 unspecified atom stereocenters. The fourth-order valence-corrected chi connectivity index (χ4v) is 4.04. The molecule has 0 radical (unpaired) electrons. The highest BCUT2D eigenvalue weighted by atomic mass is 16.3. The zero-order chi connectivity index (χ0) is 19.5. The highest BCUT2D eigenvalue weighted by molar-refractivity contribution is 6.30. The molecule has 4 rings (SSSR count). The number of phenolic OH excluding ortho intramolecular Hbond substituents is 2. The molecule has 0 aliphatic heterocycles. The Hall–Kier alpha value is -3.03. The molecule has 2 aromatic rings. The zero-order valence-corrected chi connectivity index (χ0v) is 14.1. The van der Waals surface area contributed by atoms with E-state index in [0.29, 0.717) is 0 Å². The Morgan fingerprint density at radius 2 is 1.56 bits per heavy atom. The van der Waals surface area contributed by atoms with E-state index in [1.165, 1.54) is 12.1 Å². The number of carbonyl (C=O) groups is 3. The highest BCUT2D eigenvalue weighted by Gasteiger charge is 2.41. The first-order valence-corrected chi connectivity index (χ1v) is 8.47. The average molecular weight is 368 g/mol. The van der Waals surface area contributed by atoms with Crippen molar-refractivity contribution in [3.8, 4) is 11.5 Å². The van der Waals surface area contributed by atoms with Crippen LogP contribution in [0.5, 0.6) is 11.5 Å². The van der Waals surface area contributed by atoms with Gasteiger partial charge in [0.15, 0.2) is 17.3 Å². The quantitative estimate of drug-likeness (QED) is 0.497. The number of hydrogen-bond acceptors (Lipinski definition) is 7. The maximum absolute atomic E-state index is 12.9. The second kappa shape index (κ2) is 6.00. The first-order chi connectivity index (χ1) is 12.9. The Bertz CT molecular complexity index is 1020.